The van der Waals surface area contributed by atoms with E-state index in [9.17, 15) is 0 Å². The third-order valence-electron chi connectivity index (χ3n) is 5.26. The Balaban J connectivity index is 1.77. The fourth-order valence-corrected chi connectivity index (χ4v) is 4.18. The van der Waals surface area contributed by atoms with E-state index in [1.54, 1.807) is 14.2 Å². The van der Waals surface area contributed by atoms with Crippen molar-refractivity contribution in [3.05, 3.63) is 82.3 Å². The highest BCUT2D eigenvalue weighted by atomic mass is 79.9. The van der Waals surface area contributed by atoms with Crippen molar-refractivity contribution in [3.8, 4) is 23.0 Å². The number of fused-ring (bicyclic) bond motifs is 1. The Morgan fingerprint density at radius 3 is 2.39 bits per heavy atom. The van der Waals surface area contributed by atoms with Gasteiger partial charge >= 0.3 is 0 Å². The zero-order valence-electron chi connectivity index (χ0n) is 17.5. The fraction of sp³-hybridized carbons (Fsp3) is 0.200. The molecule has 1 aliphatic rings. The van der Waals surface area contributed by atoms with Gasteiger partial charge in [-0.1, -0.05) is 46.8 Å². The summed E-state index contributed by atoms with van der Waals surface area (Å²) in [5.41, 5.74) is 4.18. The van der Waals surface area contributed by atoms with Crippen molar-refractivity contribution in [1.82, 2.24) is 0 Å². The molecule has 0 aliphatic carbocycles. The van der Waals surface area contributed by atoms with Gasteiger partial charge in [0.15, 0.2) is 23.0 Å². The van der Waals surface area contributed by atoms with Crippen LogP contribution in [0.5, 0.6) is 23.0 Å². The molecule has 3 aromatic carbocycles. The van der Waals surface area contributed by atoms with Crippen molar-refractivity contribution < 1.29 is 18.9 Å². The average Bonchev–Trinajstić information content (AvgIpc) is 3.26. The lowest BCUT2D eigenvalue weighted by molar-refractivity contribution is 0.174. The summed E-state index contributed by atoms with van der Waals surface area (Å²) < 4.78 is 23.1. The van der Waals surface area contributed by atoms with Crippen LogP contribution in [0.2, 0.25) is 0 Å². The minimum Gasteiger partial charge on any atom is -0.493 e. The molecule has 3 aromatic rings. The topological polar surface area (TPSA) is 49.0 Å². The van der Waals surface area contributed by atoms with Crippen LogP contribution in [0.25, 0.3) is 6.08 Å². The average molecular weight is 482 g/mol. The number of para-hydroxylation sites is 1. The molecule has 1 aliphatic heterocycles. The maximum absolute atomic E-state index is 5.65. The lowest BCUT2D eigenvalue weighted by atomic mass is 9.93. The molecule has 0 saturated heterocycles. The summed E-state index contributed by atoms with van der Waals surface area (Å²) in [6.45, 7) is 4.24. The van der Waals surface area contributed by atoms with E-state index in [-0.39, 0.29) is 12.8 Å². The smallest absolute Gasteiger partial charge is 0.231 e. The third-order valence-corrected chi connectivity index (χ3v) is 6.00. The predicted molar refractivity (Wildman–Crippen MR) is 126 cm³/mol. The zero-order valence-corrected chi connectivity index (χ0v) is 19.1. The van der Waals surface area contributed by atoms with E-state index in [1.165, 1.54) is 0 Å². The summed E-state index contributed by atoms with van der Waals surface area (Å²) in [4.78, 5) is 0. The predicted octanol–water partition coefficient (Wildman–Crippen LogP) is 6.23. The van der Waals surface area contributed by atoms with Crippen LogP contribution in [-0.4, -0.2) is 21.0 Å². The Morgan fingerprint density at radius 2 is 1.71 bits per heavy atom. The third kappa shape index (κ3) is 4.49. The van der Waals surface area contributed by atoms with Crippen LogP contribution in [-0.2, 0) is 6.42 Å². The van der Waals surface area contributed by atoms with Crippen molar-refractivity contribution in [2.75, 3.05) is 26.3 Å². The molecule has 0 radical (unpaired) electrons. The molecule has 31 heavy (non-hydrogen) atoms. The molecule has 0 amide bonds. The standard InChI is InChI=1S/C25H24BrNO4/c1-4-16-11-24-25(31-15-30-24)13-19(16)21(27-18-8-6-5-7-9-18)10-17-12-22(28-2)23(29-3)14-20(17)26/h4-9,11-14,21,27H,1,10,15H2,2-3H3. The Labute approximate surface area is 190 Å². The van der Waals surface area contributed by atoms with Gasteiger partial charge in [-0.05, 0) is 59.5 Å². The first-order valence-electron chi connectivity index (χ1n) is 9.91. The molecule has 4 rings (SSSR count). The quantitative estimate of drug-likeness (QED) is 0.412. The molecule has 1 unspecified atom stereocenters. The van der Waals surface area contributed by atoms with E-state index in [4.69, 9.17) is 18.9 Å². The van der Waals surface area contributed by atoms with Gasteiger partial charge in [0.25, 0.3) is 0 Å². The first kappa shape index (κ1) is 21.1. The fourth-order valence-electron chi connectivity index (χ4n) is 3.70. The molecule has 5 nitrogen and oxygen atoms in total. The highest BCUT2D eigenvalue weighted by Crippen LogP contribution is 2.41. The molecule has 1 atom stereocenters. The van der Waals surface area contributed by atoms with E-state index in [0.29, 0.717) is 17.9 Å². The number of anilines is 1. The Bertz CT molecular complexity index is 1080. The highest BCUT2D eigenvalue weighted by molar-refractivity contribution is 9.10. The van der Waals surface area contributed by atoms with Gasteiger partial charge in [-0.15, -0.1) is 0 Å². The van der Waals surface area contributed by atoms with Crippen molar-refractivity contribution in [2.24, 2.45) is 0 Å². The zero-order chi connectivity index (χ0) is 21.8. The molecular formula is C25H24BrNO4. The van der Waals surface area contributed by atoms with Gasteiger partial charge in [-0.3, -0.25) is 0 Å². The van der Waals surface area contributed by atoms with Crippen LogP contribution in [0.3, 0.4) is 0 Å². The number of halogens is 1. The largest absolute Gasteiger partial charge is 0.493 e. The van der Waals surface area contributed by atoms with Crippen LogP contribution < -0.4 is 24.3 Å². The molecule has 160 valence electrons. The normalized spacial score (nSPS) is 12.9. The van der Waals surface area contributed by atoms with E-state index in [1.807, 2.05) is 48.5 Å². The van der Waals surface area contributed by atoms with Crippen molar-refractivity contribution in [1.29, 1.82) is 0 Å². The maximum atomic E-state index is 5.65. The number of methoxy groups -OCH3 is 2. The second kappa shape index (κ2) is 9.35. The Morgan fingerprint density at radius 1 is 1.03 bits per heavy atom. The van der Waals surface area contributed by atoms with Crippen LogP contribution in [0.1, 0.15) is 22.7 Å². The molecule has 0 aromatic heterocycles. The van der Waals surface area contributed by atoms with Gasteiger partial charge in [0.05, 0.1) is 20.3 Å². The number of hydrogen-bond acceptors (Lipinski definition) is 5. The molecule has 1 N–H and O–H groups in total. The molecule has 0 spiro atoms. The number of benzene rings is 3. The monoisotopic (exact) mass is 481 g/mol. The SMILES string of the molecule is C=Cc1cc2c(cc1C(Cc1cc(OC)c(OC)cc1Br)Nc1ccccc1)OCO2. The van der Waals surface area contributed by atoms with Gasteiger partial charge in [-0.2, -0.15) is 0 Å². The van der Waals surface area contributed by atoms with Crippen molar-refractivity contribution in [2.45, 2.75) is 12.5 Å². The van der Waals surface area contributed by atoms with Crippen molar-refractivity contribution in [3.63, 3.8) is 0 Å². The van der Waals surface area contributed by atoms with Gasteiger partial charge in [-0.25, -0.2) is 0 Å². The van der Waals surface area contributed by atoms with Crippen LogP contribution in [0.4, 0.5) is 5.69 Å². The second-order valence-corrected chi connectivity index (χ2v) is 7.96. The minimum absolute atomic E-state index is 0.0562. The highest BCUT2D eigenvalue weighted by Gasteiger charge is 2.23. The van der Waals surface area contributed by atoms with Crippen LogP contribution >= 0.6 is 15.9 Å². The molecule has 0 saturated carbocycles. The van der Waals surface area contributed by atoms with Crippen LogP contribution in [0, 0.1) is 0 Å². The summed E-state index contributed by atoms with van der Waals surface area (Å²) >= 11 is 3.69. The molecule has 0 fully saturated rings. The number of rotatable bonds is 8. The van der Waals surface area contributed by atoms with E-state index >= 15 is 0 Å². The van der Waals surface area contributed by atoms with Gasteiger partial charge in [0.2, 0.25) is 6.79 Å². The second-order valence-electron chi connectivity index (χ2n) is 7.10. The van der Waals surface area contributed by atoms with Gasteiger partial charge < -0.3 is 24.3 Å². The molecule has 0 bridgehead atoms. The van der Waals surface area contributed by atoms with E-state index < -0.39 is 0 Å². The van der Waals surface area contributed by atoms with E-state index in [0.717, 1.165) is 38.3 Å². The Kier molecular flexibility index (Phi) is 6.37. The molecule has 6 heteroatoms. The number of hydrogen-bond donors (Lipinski definition) is 1. The number of nitrogens with one attached hydrogen (secondary N) is 1. The molecular weight excluding hydrogens is 458 g/mol. The summed E-state index contributed by atoms with van der Waals surface area (Å²) in [6.07, 6.45) is 2.54. The van der Waals surface area contributed by atoms with Crippen LogP contribution in [0.15, 0.2) is 65.6 Å². The van der Waals surface area contributed by atoms with Gasteiger partial charge in [0.1, 0.15) is 0 Å². The lowest BCUT2D eigenvalue weighted by Gasteiger charge is -2.24. The first-order valence-corrected chi connectivity index (χ1v) is 10.7. The summed E-state index contributed by atoms with van der Waals surface area (Å²) in [5, 5.41) is 3.67. The summed E-state index contributed by atoms with van der Waals surface area (Å²) in [5.74, 6) is 2.85. The van der Waals surface area contributed by atoms with E-state index in [2.05, 4.69) is 40.0 Å². The Hall–Kier alpha value is -3.12. The summed E-state index contributed by atoms with van der Waals surface area (Å²) in [6, 6.07) is 18.0. The first-order chi connectivity index (χ1) is 15.1. The van der Waals surface area contributed by atoms with Gasteiger partial charge in [0, 0.05) is 10.2 Å². The maximum Gasteiger partial charge on any atom is 0.231 e. The molecule has 1 heterocycles. The van der Waals surface area contributed by atoms with Crippen molar-refractivity contribution >= 4 is 27.7 Å². The lowest BCUT2D eigenvalue weighted by Crippen LogP contribution is -2.15. The minimum atomic E-state index is -0.0562. The number of ether oxygens (including phenoxy) is 4. The summed E-state index contributed by atoms with van der Waals surface area (Å²) in [7, 11) is 3.27.